The molecule has 0 saturated heterocycles. The van der Waals surface area contributed by atoms with Crippen molar-refractivity contribution in [3.63, 3.8) is 0 Å². The fraction of sp³-hybridized carbons (Fsp3) is 0. The zero-order valence-corrected chi connectivity index (χ0v) is 6.37. The van der Waals surface area contributed by atoms with Crippen LogP contribution in [0, 0.1) is 0 Å². The second-order valence-electron chi connectivity index (χ2n) is 0. The minimum absolute atomic E-state index is 0. The van der Waals surface area contributed by atoms with Gasteiger partial charge in [-0.1, -0.05) is 0 Å². The molecule has 22 valence electrons. The molecule has 0 amide bonds. The van der Waals surface area contributed by atoms with Gasteiger partial charge in [0.05, 0.1) is 0 Å². The first-order valence-electron chi connectivity index (χ1n) is 0.204. The van der Waals surface area contributed by atoms with Gasteiger partial charge in [0.25, 0.3) is 0 Å². The van der Waals surface area contributed by atoms with Crippen LogP contribution in [0.25, 0.3) is 0 Å². The Kier molecular flexibility index (Phi) is 101. The van der Waals surface area contributed by atoms with Gasteiger partial charge in [0.15, 0.2) is 0 Å². The van der Waals surface area contributed by atoms with Crippen molar-refractivity contribution in [1.29, 1.82) is 0 Å². The van der Waals surface area contributed by atoms with Gasteiger partial charge >= 0.3 is 29.6 Å². The van der Waals surface area contributed by atoms with Gasteiger partial charge in [-0.15, -0.1) is 0 Å². The summed E-state index contributed by atoms with van der Waals surface area (Å²) in [5, 5.41) is 0. The summed E-state index contributed by atoms with van der Waals surface area (Å²) in [6.07, 6.45) is 0. The topological polar surface area (TPSA) is 17.1 Å². The summed E-state index contributed by atoms with van der Waals surface area (Å²) in [4.78, 5) is 0. The maximum absolute atomic E-state index is 8.06. The molecule has 0 N–H and O–H groups in total. The Morgan fingerprint density at radius 1 is 1.50 bits per heavy atom. The molecule has 0 heterocycles. The van der Waals surface area contributed by atoms with Crippen LogP contribution in [0.5, 0.6) is 0 Å². The number of hydrogen-bond acceptors (Lipinski definition) is 1. The van der Waals surface area contributed by atoms with Crippen molar-refractivity contribution >= 4 is 9.12 Å². The van der Waals surface area contributed by atoms with E-state index < -0.39 is 0 Å². The monoisotopic (exact) mass is 128 g/mol. The molecule has 0 fully saturated rings. The van der Waals surface area contributed by atoms with Crippen molar-refractivity contribution < 1.29 is 52.6 Å². The van der Waals surface area contributed by atoms with E-state index >= 15 is 0 Å². The summed E-state index contributed by atoms with van der Waals surface area (Å²) in [5.41, 5.74) is 0. The van der Waals surface area contributed by atoms with Crippen LogP contribution in [0.1, 0.15) is 1.43 Å². The Balaban J connectivity index is -0.00000000167. The van der Waals surface area contributed by atoms with Crippen molar-refractivity contribution in [2.75, 3.05) is 0 Å². The Morgan fingerprint density at radius 2 is 1.50 bits per heavy atom. The van der Waals surface area contributed by atoms with Crippen LogP contribution in [0.3, 0.4) is 0 Å². The molecule has 0 aliphatic carbocycles. The fourth-order valence-corrected chi connectivity index (χ4v) is 0. The Morgan fingerprint density at radius 3 is 1.50 bits per heavy atom. The van der Waals surface area contributed by atoms with Gasteiger partial charge < -0.3 is 1.43 Å². The molecule has 0 aromatic heterocycles. The third-order valence-corrected chi connectivity index (χ3v) is 0. The molecule has 0 aliphatic rings. The average molecular weight is 128 g/mol. The van der Waals surface area contributed by atoms with Crippen LogP contribution in [-0.2, 0) is 21.6 Å². The van der Waals surface area contributed by atoms with Crippen molar-refractivity contribution in [2.45, 2.75) is 0 Å². The molecular formula is H2FeNaOP. The molecule has 0 spiro atoms. The minimum Gasteiger partial charge on any atom is -1.00 e. The molecule has 1 nitrogen and oxygen atoms in total. The second kappa shape index (κ2) is 23.1. The molecule has 0 aliphatic heterocycles. The maximum Gasteiger partial charge on any atom is 1.00 e. The first kappa shape index (κ1) is 17.5. The van der Waals surface area contributed by atoms with Gasteiger partial charge in [-0.05, 0) is 0 Å². The van der Waals surface area contributed by atoms with E-state index in [2.05, 4.69) is 0 Å². The van der Waals surface area contributed by atoms with E-state index in [1.165, 1.54) is 0 Å². The van der Waals surface area contributed by atoms with Crippen LogP contribution in [-0.4, -0.2) is 0 Å². The van der Waals surface area contributed by atoms with Gasteiger partial charge in [0.2, 0.25) is 0 Å². The molecule has 0 saturated carbocycles. The van der Waals surface area contributed by atoms with Crippen molar-refractivity contribution in [3.8, 4) is 0 Å². The molecule has 0 unspecified atom stereocenters. The third-order valence-electron chi connectivity index (χ3n) is 0. The predicted molar refractivity (Wildman–Crippen MR) is 10.1 cm³/mol. The summed E-state index contributed by atoms with van der Waals surface area (Å²) in [7, 11) is 1.72. The zero-order valence-electron chi connectivity index (χ0n) is 3.26. The minimum atomic E-state index is 0. The van der Waals surface area contributed by atoms with Crippen molar-refractivity contribution in [1.82, 2.24) is 0 Å². The SMILES string of the molecule is O=P.[Fe].[H-].[Na+]. The Bertz CT molecular complexity index is 11.6. The van der Waals surface area contributed by atoms with Gasteiger partial charge in [-0.2, -0.15) is 0 Å². The van der Waals surface area contributed by atoms with Gasteiger partial charge in [0, 0.05) is 17.1 Å². The van der Waals surface area contributed by atoms with E-state index in [1.54, 1.807) is 9.12 Å². The summed E-state index contributed by atoms with van der Waals surface area (Å²) in [5.74, 6) is 0. The van der Waals surface area contributed by atoms with Crippen molar-refractivity contribution in [3.05, 3.63) is 0 Å². The zero-order chi connectivity index (χ0) is 2.00. The number of rotatable bonds is 0. The van der Waals surface area contributed by atoms with Gasteiger partial charge in [0.1, 0.15) is 9.12 Å². The maximum atomic E-state index is 8.06. The summed E-state index contributed by atoms with van der Waals surface area (Å²) in [6, 6.07) is 0. The van der Waals surface area contributed by atoms with E-state index in [0.29, 0.717) is 0 Å². The van der Waals surface area contributed by atoms with E-state index in [-0.39, 0.29) is 48.1 Å². The second-order valence-corrected chi connectivity index (χ2v) is 0. The third kappa shape index (κ3) is 9.47. The van der Waals surface area contributed by atoms with Crippen LogP contribution < -0.4 is 29.6 Å². The van der Waals surface area contributed by atoms with Crippen LogP contribution in [0.2, 0.25) is 0 Å². The summed E-state index contributed by atoms with van der Waals surface area (Å²) in [6.45, 7) is 0. The molecule has 0 aromatic carbocycles. The molecule has 4 heavy (non-hydrogen) atoms. The largest absolute Gasteiger partial charge is 1.00 e. The molecule has 0 radical (unpaired) electrons. The first-order valence-corrected chi connectivity index (χ1v) is 0.612. The quantitative estimate of drug-likeness (QED) is 0.262. The van der Waals surface area contributed by atoms with Gasteiger partial charge in [-0.3, -0.25) is 4.57 Å². The van der Waals surface area contributed by atoms with Gasteiger partial charge in [-0.25, -0.2) is 0 Å². The van der Waals surface area contributed by atoms with Crippen molar-refractivity contribution in [2.24, 2.45) is 0 Å². The first-order chi connectivity index (χ1) is 1.00. The standard InChI is InChI=1S/Fe.Na.HOP.H/c;;1-2;/h;;2H;/q;+1;;-1. The molecule has 0 aromatic rings. The molecule has 0 rings (SSSR count). The van der Waals surface area contributed by atoms with Crippen LogP contribution in [0.15, 0.2) is 0 Å². The Hall–Kier alpha value is 1.62. The Labute approximate surface area is 61.4 Å². The van der Waals surface area contributed by atoms with Crippen LogP contribution >= 0.6 is 9.12 Å². The van der Waals surface area contributed by atoms with E-state index in [0.717, 1.165) is 0 Å². The summed E-state index contributed by atoms with van der Waals surface area (Å²) < 4.78 is 8.06. The van der Waals surface area contributed by atoms with E-state index in [1.807, 2.05) is 0 Å². The predicted octanol–water partition coefficient (Wildman–Crippen LogP) is -2.41. The molecule has 4 heteroatoms. The average Bonchev–Trinajstić information content (AvgIpc) is 1.00. The normalized spacial score (nSPS) is 1.00. The smallest absolute Gasteiger partial charge is 1.00 e. The number of hydrogen-bond donors (Lipinski definition) is 0. The van der Waals surface area contributed by atoms with E-state index in [9.17, 15) is 0 Å². The molecular weight excluding hydrogens is 126 g/mol. The molecule has 0 bridgehead atoms. The summed E-state index contributed by atoms with van der Waals surface area (Å²) >= 11 is 0. The van der Waals surface area contributed by atoms with E-state index in [4.69, 9.17) is 4.57 Å². The fourth-order valence-electron chi connectivity index (χ4n) is 0. The van der Waals surface area contributed by atoms with Crippen LogP contribution in [0.4, 0.5) is 0 Å². The molecule has 0 atom stereocenters.